The topological polar surface area (TPSA) is 29.1 Å². The lowest BCUT2D eigenvalue weighted by Crippen LogP contribution is -2.47. The number of hydrogen-bond acceptors (Lipinski definition) is 1. The van der Waals surface area contributed by atoms with Crippen molar-refractivity contribution in [3.8, 4) is 0 Å². The van der Waals surface area contributed by atoms with Gasteiger partial charge in [0.25, 0.3) is 0 Å². The first-order valence-electron chi connectivity index (χ1n) is 5.53. The molecule has 0 aliphatic rings. The Hall–Kier alpha value is -0.530. The van der Waals surface area contributed by atoms with Crippen LogP contribution in [0, 0.1) is 5.41 Å². The van der Waals surface area contributed by atoms with E-state index < -0.39 is 0 Å². The van der Waals surface area contributed by atoms with Gasteiger partial charge in [0.1, 0.15) is 0 Å². The van der Waals surface area contributed by atoms with E-state index in [1.165, 1.54) is 0 Å². The second-order valence-electron chi connectivity index (χ2n) is 5.29. The highest BCUT2D eigenvalue weighted by molar-refractivity contribution is 5.73. The summed E-state index contributed by atoms with van der Waals surface area (Å²) < 4.78 is 0. The molecule has 0 spiro atoms. The van der Waals surface area contributed by atoms with Crippen molar-refractivity contribution in [2.24, 2.45) is 5.41 Å². The molecule has 0 aliphatic carbocycles. The summed E-state index contributed by atoms with van der Waals surface area (Å²) in [5.41, 5.74) is 0.249. The fraction of sp³-hybridized carbons (Fsp3) is 0.917. The van der Waals surface area contributed by atoms with Gasteiger partial charge in [-0.25, -0.2) is 0 Å². The third kappa shape index (κ3) is 4.64. The molecule has 0 bridgehead atoms. The molecular formula is C12H25NO. The van der Waals surface area contributed by atoms with Gasteiger partial charge in [0.05, 0.1) is 0 Å². The molecule has 0 saturated heterocycles. The fourth-order valence-electron chi connectivity index (χ4n) is 1.86. The van der Waals surface area contributed by atoms with Crippen LogP contribution in [0.4, 0.5) is 0 Å². The van der Waals surface area contributed by atoms with Gasteiger partial charge in [-0.15, -0.1) is 0 Å². The SMILES string of the molecule is CCC(C)(C)CC(C)(CC)NC(C)=O. The van der Waals surface area contributed by atoms with E-state index in [-0.39, 0.29) is 11.4 Å². The van der Waals surface area contributed by atoms with E-state index in [2.05, 4.69) is 39.9 Å². The Kier molecular flexibility index (Phi) is 4.63. The van der Waals surface area contributed by atoms with Crippen LogP contribution >= 0.6 is 0 Å². The molecule has 0 aliphatic heterocycles. The van der Waals surface area contributed by atoms with Gasteiger partial charge in [-0.2, -0.15) is 0 Å². The summed E-state index contributed by atoms with van der Waals surface area (Å²) in [7, 11) is 0. The predicted molar refractivity (Wildman–Crippen MR) is 61.2 cm³/mol. The highest BCUT2D eigenvalue weighted by atomic mass is 16.1. The maximum atomic E-state index is 11.1. The third-order valence-electron chi connectivity index (χ3n) is 3.08. The standard InChI is InChI=1S/C12H25NO/c1-7-11(4,5)9-12(6,8-2)13-10(3)14/h7-9H2,1-6H3,(H,13,14). The predicted octanol–water partition coefficient (Wildman–Crippen LogP) is 3.12. The molecule has 1 amide bonds. The monoisotopic (exact) mass is 199 g/mol. The van der Waals surface area contributed by atoms with Crippen LogP contribution in [-0.2, 0) is 4.79 Å². The van der Waals surface area contributed by atoms with E-state index in [9.17, 15) is 4.79 Å². The van der Waals surface area contributed by atoms with Gasteiger partial charge >= 0.3 is 0 Å². The van der Waals surface area contributed by atoms with Crippen molar-refractivity contribution in [2.75, 3.05) is 0 Å². The molecule has 0 radical (unpaired) electrons. The minimum absolute atomic E-state index is 0.0503. The summed E-state index contributed by atoms with van der Waals surface area (Å²) in [4.78, 5) is 11.1. The number of carbonyl (C=O) groups is 1. The summed E-state index contributed by atoms with van der Waals surface area (Å²) in [6, 6.07) is 0. The number of carbonyl (C=O) groups excluding carboxylic acids is 1. The van der Waals surface area contributed by atoms with Gasteiger partial charge < -0.3 is 5.32 Å². The third-order valence-corrected chi connectivity index (χ3v) is 3.08. The van der Waals surface area contributed by atoms with Crippen LogP contribution in [0.25, 0.3) is 0 Å². The molecule has 0 fully saturated rings. The van der Waals surface area contributed by atoms with Crippen molar-refractivity contribution in [1.29, 1.82) is 0 Å². The van der Waals surface area contributed by atoms with Crippen LogP contribution in [0.3, 0.4) is 0 Å². The zero-order valence-corrected chi connectivity index (χ0v) is 10.5. The van der Waals surface area contributed by atoms with Crippen LogP contribution in [-0.4, -0.2) is 11.4 Å². The molecule has 14 heavy (non-hydrogen) atoms. The number of rotatable bonds is 5. The first kappa shape index (κ1) is 13.5. The van der Waals surface area contributed by atoms with E-state index in [1.807, 2.05) is 0 Å². The van der Waals surface area contributed by atoms with Crippen molar-refractivity contribution in [3.63, 3.8) is 0 Å². The molecule has 1 unspecified atom stereocenters. The van der Waals surface area contributed by atoms with E-state index in [4.69, 9.17) is 0 Å². The Morgan fingerprint density at radius 3 is 1.93 bits per heavy atom. The molecule has 0 rings (SSSR count). The van der Waals surface area contributed by atoms with Gasteiger partial charge in [0.2, 0.25) is 5.91 Å². The first-order valence-corrected chi connectivity index (χ1v) is 5.53. The first-order chi connectivity index (χ1) is 6.24. The van der Waals surface area contributed by atoms with Gasteiger partial charge in [-0.1, -0.05) is 34.1 Å². The van der Waals surface area contributed by atoms with Crippen LogP contribution in [0.5, 0.6) is 0 Å². The van der Waals surface area contributed by atoms with Crippen LogP contribution in [0.1, 0.15) is 60.8 Å². The van der Waals surface area contributed by atoms with E-state index >= 15 is 0 Å². The molecular weight excluding hydrogens is 174 g/mol. The molecule has 0 saturated carbocycles. The normalized spacial score (nSPS) is 16.1. The van der Waals surface area contributed by atoms with Crippen molar-refractivity contribution in [1.82, 2.24) is 5.32 Å². The molecule has 84 valence electrons. The fourth-order valence-corrected chi connectivity index (χ4v) is 1.86. The van der Waals surface area contributed by atoms with E-state index in [0.29, 0.717) is 5.41 Å². The number of amides is 1. The largest absolute Gasteiger partial charge is 0.351 e. The Bertz CT molecular complexity index is 198. The Morgan fingerprint density at radius 1 is 1.14 bits per heavy atom. The smallest absolute Gasteiger partial charge is 0.217 e. The van der Waals surface area contributed by atoms with E-state index in [0.717, 1.165) is 19.3 Å². The summed E-state index contributed by atoms with van der Waals surface area (Å²) in [6.07, 6.45) is 3.16. The average molecular weight is 199 g/mol. The molecule has 2 heteroatoms. The maximum Gasteiger partial charge on any atom is 0.217 e. The number of hydrogen-bond donors (Lipinski definition) is 1. The average Bonchev–Trinajstić information content (AvgIpc) is 2.02. The molecule has 0 aromatic carbocycles. The summed E-state index contributed by atoms with van der Waals surface area (Å²) >= 11 is 0. The molecule has 2 nitrogen and oxygen atoms in total. The Labute approximate surface area is 88.5 Å². The van der Waals surface area contributed by atoms with Gasteiger partial charge in [-0.05, 0) is 25.2 Å². The van der Waals surface area contributed by atoms with Gasteiger partial charge in [0, 0.05) is 12.5 Å². The second kappa shape index (κ2) is 4.81. The second-order valence-corrected chi connectivity index (χ2v) is 5.29. The quantitative estimate of drug-likeness (QED) is 0.724. The molecule has 0 aromatic rings. The summed E-state index contributed by atoms with van der Waals surface area (Å²) in [6.45, 7) is 12.6. The Morgan fingerprint density at radius 2 is 1.64 bits per heavy atom. The molecule has 1 atom stereocenters. The molecule has 1 N–H and O–H groups in total. The van der Waals surface area contributed by atoms with Gasteiger partial charge in [0.15, 0.2) is 0 Å². The zero-order chi connectivity index (χ0) is 11.4. The molecule has 0 aromatic heterocycles. The summed E-state index contributed by atoms with van der Waals surface area (Å²) in [5, 5.41) is 3.06. The number of nitrogens with one attached hydrogen (secondary N) is 1. The lowest BCUT2D eigenvalue weighted by Gasteiger charge is -2.37. The lowest BCUT2D eigenvalue weighted by molar-refractivity contribution is -0.121. The van der Waals surface area contributed by atoms with Crippen molar-refractivity contribution in [3.05, 3.63) is 0 Å². The minimum Gasteiger partial charge on any atom is -0.351 e. The zero-order valence-electron chi connectivity index (χ0n) is 10.5. The maximum absolute atomic E-state index is 11.1. The lowest BCUT2D eigenvalue weighted by atomic mass is 9.76. The van der Waals surface area contributed by atoms with Gasteiger partial charge in [-0.3, -0.25) is 4.79 Å². The highest BCUT2D eigenvalue weighted by Gasteiger charge is 2.30. The van der Waals surface area contributed by atoms with Crippen molar-refractivity contribution < 1.29 is 4.79 Å². The highest BCUT2D eigenvalue weighted by Crippen LogP contribution is 2.32. The van der Waals surface area contributed by atoms with Crippen molar-refractivity contribution in [2.45, 2.75) is 66.3 Å². The van der Waals surface area contributed by atoms with Crippen LogP contribution < -0.4 is 5.32 Å². The minimum atomic E-state index is -0.0503. The Balaban J connectivity index is 4.46. The van der Waals surface area contributed by atoms with E-state index in [1.54, 1.807) is 6.92 Å². The summed E-state index contributed by atoms with van der Waals surface area (Å²) in [5.74, 6) is 0.0706. The van der Waals surface area contributed by atoms with Crippen LogP contribution in [0.2, 0.25) is 0 Å². The molecule has 0 heterocycles. The van der Waals surface area contributed by atoms with Crippen LogP contribution in [0.15, 0.2) is 0 Å². The van der Waals surface area contributed by atoms with Crippen molar-refractivity contribution >= 4 is 5.91 Å².